The number of nitrogens with one attached hydrogen (secondary N) is 1. The lowest BCUT2D eigenvalue weighted by molar-refractivity contribution is -0.138. The maximum atomic E-state index is 12.8. The van der Waals surface area contributed by atoms with Crippen molar-refractivity contribution in [1.29, 1.82) is 0 Å². The molecule has 1 aliphatic rings. The zero-order valence-corrected chi connectivity index (χ0v) is 19.4. The quantitative estimate of drug-likeness (QED) is 0.560. The highest BCUT2D eigenvalue weighted by Crippen LogP contribution is 2.43. The van der Waals surface area contributed by atoms with E-state index in [2.05, 4.69) is 50.4 Å². The van der Waals surface area contributed by atoms with Crippen LogP contribution in [-0.2, 0) is 11.2 Å². The molecule has 0 aliphatic heterocycles. The summed E-state index contributed by atoms with van der Waals surface area (Å²) in [6, 6.07) is 14.8. The van der Waals surface area contributed by atoms with Crippen LogP contribution >= 0.6 is 0 Å². The lowest BCUT2D eigenvalue weighted by atomic mass is 9.68. The van der Waals surface area contributed by atoms with Gasteiger partial charge in [0.15, 0.2) is 0 Å². The predicted molar refractivity (Wildman–Crippen MR) is 128 cm³/mol. The normalized spacial score (nSPS) is 18.0. The van der Waals surface area contributed by atoms with Gasteiger partial charge in [-0.3, -0.25) is 9.59 Å². The van der Waals surface area contributed by atoms with Gasteiger partial charge in [0.25, 0.3) is 5.91 Å². The van der Waals surface area contributed by atoms with Crippen molar-refractivity contribution in [3.05, 3.63) is 70.8 Å². The Labute approximate surface area is 191 Å². The average molecular weight is 437 g/mol. The van der Waals surface area contributed by atoms with E-state index in [-0.39, 0.29) is 12.3 Å². The number of aliphatic carboxylic acids is 1. The molecule has 1 aliphatic carbocycles. The first-order valence-corrected chi connectivity index (χ1v) is 11.6. The lowest BCUT2D eigenvalue weighted by Gasteiger charge is -2.38. The van der Waals surface area contributed by atoms with Crippen LogP contribution in [0.15, 0.2) is 48.5 Å². The fraction of sp³-hybridized carbons (Fsp3) is 0.481. The Hall–Kier alpha value is -2.66. The third-order valence-electron chi connectivity index (χ3n) is 6.93. The molecule has 0 unspecified atom stereocenters. The van der Waals surface area contributed by atoms with E-state index in [4.69, 9.17) is 10.8 Å². The van der Waals surface area contributed by atoms with Crippen LogP contribution in [0.3, 0.4) is 0 Å². The van der Waals surface area contributed by atoms with Crippen LogP contribution in [0.4, 0.5) is 0 Å². The fourth-order valence-corrected chi connectivity index (χ4v) is 4.63. The predicted octanol–water partition coefficient (Wildman–Crippen LogP) is 4.68. The summed E-state index contributed by atoms with van der Waals surface area (Å²) in [5.74, 6) is -0.276. The van der Waals surface area contributed by atoms with Gasteiger partial charge < -0.3 is 16.2 Å². The number of aryl methyl sites for hydroxylation is 1. The summed E-state index contributed by atoms with van der Waals surface area (Å²) in [4.78, 5) is 23.8. The van der Waals surface area contributed by atoms with E-state index in [0.29, 0.717) is 29.4 Å². The Morgan fingerprint density at radius 3 is 2.22 bits per heavy atom. The molecule has 2 atom stereocenters. The van der Waals surface area contributed by atoms with Crippen LogP contribution in [-0.4, -0.2) is 29.6 Å². The highest BCUT2D eigenvalue weighted by molar-refractivity contribution is 5.94. The Morgan fingerprint density at radius 2 is 1.66 bits per heavy atom. The number of hydrogen-bond donors (Lipinski definition) is 3. The van der Waals surface area contributed by atoms with Crippen molar-refractivity contribution in [3.63, 3.8) is 0 Å². The Balaban J connectivity index is 1.66. The minimum absolute atomic E-state index is 0.104. The van der Waals surface area contributed by atoms with E-state index in [1.807, 2.05) is 0 Å². The molecule has 1 fully saturated rings. The molecule has 5 nitrogen and oxygen atoms in total. The molecule has 1 saturated carbocycles. The molecule has 0 saturated heterocycles. The van der Waals surface area contributed by atoms with Gasteiger partial charge in [-0.05, 0) is 73.6 Å². The summed E-state index contributed by atoms with van der Waals surface area (Å²) in [5.41, 5.74) is 9.91. The minimum atomic E-state index is -1.03. The topological polar surface area (TPSA) is 92.4 Å². The van der Waals surface area contributed by atoms with Gasteiger partial charge in [0.05, 0.1) is 0 Å². The third kappa shape index (κ3) is 6.42. The number of nitrogens with two attached hydrogens (primary N) is 1. The molecule has 1 amide bonds. The monoisotopic (exact) mass is 436 g/mol. The Kier molecular flexibility index (Phi) is 7.73. The molecule has 0 radical (unpaired) electrons. The van der Waals surface area contributed by atoms with Crippen molar-refractivity contribution in [2.75, 3.05) is 6.54 Å². The fourth-order valence-electron chi connectivity index (χ4n) is 4.63. The third-order valence-corrected chi connectivity index (χ3v) is 6.93. The highest BCUT2D eigenvalue weighted by Gasteiger charge is 2.32. The summed E-state index contributed by atoms with van der Waals surface area (Å²) in [5, 5.41) is 12.1. The Morgan fingerprint density at radius 1 is 1.06 bits per heavy atom. The molecule has 3 rings (SSSR count). The smallest absolute Gasteiger partial charge is 0.320 e. The lowest BCUT2D eigenvalue weighted by Crippen LogP contribution is -2.34. The van der Waals surface area contributed by atoms with E-state index in [0.717, 1.165) is 5.56 Å². The van der Waals surface area contributed by atoms with Crippen LogP contribution in [0, 0.1) is 18.3 Å². The second kappa shape index (κ2) is 10.3. The number of carboxylic acids is 1. The number of carbonyl (C=O) groups is 2. The second-order valence-electron chi connectivity index (χ2n) is 10.1. The molecule has 0 heterocycles. The molecule has 0 aromatic heterocycles. The summed E-state index contributed by atoms with van der Waals surface area (Å²) in [7, 11) is 0. The largest absolute Gasteiger partial charge is 0.480 e. The van der Waals surface area contributed by atoms with Gasteiger partial charge in [-0.15, -0.1) is 0 Å². The molecule has 0 spiro atoms. The molecule has 0 bridgehead atoms. The van der Waals surface area contributed by atoms with Gasteiger partial charge in [0.2, 0.25) is 0 Å². The summed E-state index contributed by atoms with van der Waals surface area (Å²) in [6.07, 6.45) is 5.03. The minimum Gasteiger partial charge on any atom is -0.480 e. The van der Waals surface area contributed by atoms with Gasteiger partial charge in [-0.25, -0.2) is 0 Å². The highest BCUT2D eigenvalue weighted by atomic mass is 16.4. The van der Waals surface area contributed by atoms with Crippen LogP contribution in [0.1, 0.15) is 72.5 Å². The number of rotatable bonds is 8. The van der Waals surface area contributed by atoms with Gasteiger partial charge in [-0.1, -0.05) is 55.8 Å². The molecular formula is C27H36N2O3. The number of carboxylic acid groups (broad SMARTS) is 1. The number of hydrogen-bond acceptors (Lipinski definition) is 3. The molecular weight excluding hydrogens is 400 g/mol. The first-order chi connectivity index (χ1) is 15.1. The Bertz CT molecular complexity index is 909. The standard InChI is InChI=1S/C27H36N2O3/c1-18-4-8-20(9-5-18)23(21-12-14-27(2,3)15-13-21)17-29-25(30)22-10-6-19(7-11-22)16-24(28)26(31)32/h4-11,21,23-24H,12-17,28H2,1-3H3,(H,29,30)(H,31,32)/t23-,24-/m0/s1. The molecule has 2 aromatic carbocycles. The molecule has 4 N–H and O–H groups in total. The summed E-state index contributed by atoms with van der Waals surface area (Å²) in [6.45, 7) is 7.40. The first kappa shape index (κ1) is 24.0. The molecule has 172 valence electrons. The van der Waals surface area contributed by atoms with Crippen LogP contribution in [0.5, 0.6) is 0 Å². The van der Waals surface area contributed by atoms with Gasteiger partial charge in [0, 0.05) is 18.0 Å². The van der Waals surface area contributed by atoms with Crippen LogP contribution in [0.25, 0.3) is 0 Å². The van der Waals surface area contributed by atoms with Crippen molar-refractivity contribution in [2.45, 2.75) is 64.8 Å². The zero-order chi connectivity index (χ0) is 23.3. The number of benzene rings is 2. The maximum Gasteiger partial charge on any atom is 0.320 e. The van der Waals surface area contributed by atoms with E-state index >= 15 is 0 Å². The van der Waals surface area contributed by atoms with Gasteiger partial charge >= 0.3 is 5.97 Å². The van der Waals surface area contributed by atoms with Crippen LogP contribution < -0.4 is 11.1 Å². The van der Waals surface area contributed by atoms with E-state index in [1.165, 1.54) is 36.8 Å². The zero-order valence-electron chi connectivity index (χ0n) is 19.4. The molecule has 32 heavy (non-hydrogen) atoms. The maximum absolute atomic E-state index is 12.8. The van der Waals surface area contributed by atoms with Gasteiger partial charge in [-0.2, -0.15) is 0 Å². The molecule has 5 heteroatoms. The number of amides is 1. The average Bonchev–Trinajstić information content (AvgIpc) is 2.76. The molecule has 2 aromatic rings. The van der Waals surface area contributed by atoms with Crippen molar-refractivity contribution >= 4 is 11.9 Å². The second-order valence-corrected chi connectivity index (χ2v) is 10.1. The summed E-state index contributed by atoms with van der Waals surface area (Å²) < 4.78 is 0. The van der Waals surface area contributed by atoms with Crippen molar-refractivity contribution < 1.29 is 14.7 Å². The van der Waals surface area contributed by atoms with E-state index < -0.39 is 12.0 Å². The van der Waals surface area contributed by atoms with Crippen molar-refractivity contribution in [3.8, 4) is 0 Å². The van der Waals surface area contributed by atoms with Crippen molar-refractivity contribution in [1.82, 2.24) is 5.32 Å². The van der Waals surface area contributed by atoms with Crippen molar-refractivity contribution in [2.24, 2.45) is 17.1 Å². The van der Waals surface area contributed by atoms with Gasteiger partial charge in [0.1, 0.15) is 6.04 Å². The SMILES string of the molecule is Cc1ccc([C@H](CNC(=O)c2ccc(C[C@H](N)C(=O)O)cc2)C2CCC(C)(C)CC2)cc1. The van der Waals surface area contributed by atoms with E-state index in [1.54, 1.807) is 24.3 Å². The number of carbonyl (C=O) groups excluding carboxylic acids is 1. The van der Waals surface area contributed by atoms with E-state index in [9.17, 15) is 9.59 Å². The van der Waals surface area contributed by atoms with Crippen LogP contribution in [0.2, 0.25) is 0 Å². The summed E-state index contributed by atoms with van der Waals surface area (Å²) >= 11 is 0. The first-order valence-electron chi connectivity index (χ1n) is 11.6.